The monoisotopic (exact) mass is 330 g/mol. The van der Waals surface area contributed by atoms with Gasteiger partial charge in [-0.1, -0.05) is 7.40 Å². The Morgan fingerprint density at radius 1 is 1.86 bits per heavy atom. The number of amidine groups is 1. The van der Waals surface area contributed by atoms with E-state index in [-0.39, 0.29) is 5.84 Å². The number of hydrogen-bond donors (Lipinski definition) is 2. The van der Waals surface area contributed by atoms with E-state index in [1.54, 1.807) is 0 Å². The lowest BCUT2D eigenvalue weighted by Gasteiger charge is -1.66. The van der Waals surface area contributed by atoms with E-state index >= 15 is 0 Å². The zero-order valence-corrected chi connectivity index (χ0v) is 8.65. The highest BCUT2D eigenvalue weighted by Gasteiger charge is 1.53. The van der Waals surface area contributed by atoms with Crippen molar-refractivity contribution in [1.82, 2.24) is 0 Å². The zero-order valence-electron chi connectivity index (χ0n) is 5.33. The molecule has 7 heavy (non-hydrogen) atoms. The van der Waals surface area contributed by atoms with Gasteiger partial charge in [0.1, 0.15) is 0 Å². The molecule has 0 rings (SSSR count). The molecule has 0 unspecified atom stereocenters. The van der Waals surface area contributed by atoms with E-state index in [2.05, 4.69) is 37.2 Å². The summed E-state index contributed by atoms with van der Waals surface area (Å²) in [5.41, 5.74) is 4.69. The van der Waals surface area contributed by atoms with Gasteiger partial charge in [0.25, 0.3) is 0 Å². The van der Waals surface area contributed by atoms with E-state index < -0.39 is 0 Å². The molecule has 4 heteroatoms. The van der Waals surface area contributed by atoms with Crippen LogP contribution in [-0.2, 0) is 0 Å². The molecule has 0 saturated carbocycles. The third-order valence-electron chi connectivity index (χ3n) is 0. The summed E-state index contributed by atoms with van der Waals surface area (Å²) in [7, 11) is 1.25. The summed E-state index contributed by atoms with van der Waals surface area (Å²) in [6.07, 6.45) is 0. The molecule has 0 aromatic rings. The molecule has 0 radical (unpaired) electrons. The fourth-order valence-electron chi connectivity index (χ4n) is 0. The molecule has 0 aliphatic carbocycles. The van der Waals surface area contributed by atoms with Gasteiger partial charge in [-0.2, -0.15) is 0 Å². The minimum atomic E-state index is 0.167. The van der Waals surface area contributed by atoms with Crippen LogP contribution in [0.5, 0.6) is 0 Å². The molecule has 0 heterocycles. The Kier molecular flexibility index (Phi) is 24.4. The van der Waals surface area contributed by atoms with Crippen LogP contribution < -0.4 is 5.73 Å². The number of nitrogens with one attached hydrogen (secondary N) is 1. The van der Waals surface area contributed by atoms with Gasteiger partial charge in [-0.3, -0.25) is 5.41 Å². The first-order valence-corrected chi connectivity index (χ1v) is 7.47. The van der Waals surface area contributed by atoms with Crippen LogP contribution in [0.3, 0.4) is 0 Å². The maximum absolute atomic E-state index is 6.28. The molecule has 0 aliphatic heterocycles. The summed E-state index contributed by atoms with van der Waals surface area (Å²) in [6, 6.07) is 0. The van der Waals surface area contributed by atoms with E-state index in [0.29, 0.717) is 0 Å². The molecular formula is C3H10I2N2. The molecule has 0 aromatic heterocycles. The molecular weight excluding hydrogens is 318 g/mol. The summed E-state index contributed by atoms with van der Waals surface area (Å²) >= 11 is 4.24. The fraction of sp³-hybridized carbons (Fsp3) is 0.667. The van der Waals surface area contributed by atoms with Crippen molar-refractivity contribution < 1.29 is 1.37 Å². The van der Waals surface area contributed by atoms with Crippen LogP contribution in [0.15, 0.2) is 0 Å². The largest absolute Gasteiger partial charge is 0.388 e. The van der Waals surface area contributed by atoms with Gasteiger partial charge in [-0.25, -0.2) is 0 Å². The van der Waals surface area contributed by atoms with Gasteiger partial charge in [0.15, 0.2) is 0 Å². The Bertz CT molecular complexity index is 38.3. The van der Waals surface area contributed by atoms with Crippen molar-refractivity contribution in [3.63, 3.8) is 0 Å². The van der Waals surface area contributed by atoms with Crippen LogP contribution in [0.4, 0.5) is 0 Å². The van der Waals surface area contributed by atoms with Crippen LogP contribution in [0.25, 0.3) is 0 Å². The molecule has 46 valence electrons. The lowest BCUT2D eigenvalue weighted by Crippen LogP contribution is -2.00. The topological polar surface area (TPSA) is 49.9 Å². The summed E-state index contributed by atoms with van der Waals surface area (Å²) in [4.78, 5) is 0. The zero-order chi connectivity index (χ0) is 7.58. The fourth-order valence-corrected chi connectivity index (χ4v) is 0. The van der Waals surface area contributed by atoms with Crippen LogP contribution in [0.1, 0.15) is 15.7 Å². The Balaban J connectivity index is -0.0000000542. The summed E-state index contributed by atoms with van der Waals surface area (Å²) in [5, 5.41) is 6.28. The summed E-state index contributed by atoms with van der Waals surface area (Å²) in [5.74, 6) is 0.167. The van der Waals surface area contributed by atoms with Gasteiger partial charge in [0.05, 0.1) is 5.84 Å². The van der Waals surface area contributed by atoms with Crippen molar-refractivity contribution in [2.75, 3.05) is 0 Å². The molecule has 0 saturated heterocycles. The van der Waals surface area contributed by atoms with Crippen molar-refractivity contribution in [2.24, 2.45) is 5.73 Å². The second-order valence-corrected chi connectivity index (χ2v) is 0.683. The third kappa shape index (κ3) is 195. The normalized spacial score (nSPS) is 5.43. The highest BCUT2D eigenvalue weighted by Crippen LogP contribution is 1.89. The molecule has 0 spiro atoms. The Morgan fingerprint density at radius 2 is 1.86 bits per heavy atom. The van der Waals surface area contributed by atoms with E-state index in [1.807, 2.05) is 0 Å². The molecule has 0 bridgehead atoms. The summed E-state index contributed by atoms with van der Waals surface area (Å²) in [6.45, 7) is 1.53. The first-order chi connectivity index (χ1) is 3.73. The SMILES string of the molecule is CC(=N)N.II.[3H]C. The second-order valence-electron chi connectivity index (χ2n) is 0.683. The summed E-state index contributed by atoms with van der Waals surface area (Å²) < 4.78 is 5.75. The van der Waals surface area contributed by atoms with E-state index in [0.717, 1.165) is 0 Å². The Morgan fingerprint density at radius 3 is 1.86 bits per heavy atom. The highest BCUT2D eigenvalue weighted by atomic mass is 128. The predicted molar refractivity (Wildman–Crippen MR) is 52.4 cm³/mol. The molecule has 3 N–H and O–H groups in total. The second kappa shape index (κ2) is 15.8. The minimum absolute atomic E-state index is 0.167. The highest BCUT2D eigenvalue weighted by molar-refractivity contribution is 15.0. The molecule has 0 amide bonds. The Labute approximate surface area is 69.5 Å². The van der Waals surface area contributed by atoms with Crippen molar-refractivity contribution in [3.8, 4) is 0 Å². The van der Waals surface area contributed by atoms with Gasteiger partial charge in [-0.05, 0) is 6.92 Å². The van der Waals surface area contributed by atoms with Crippen molar-refractivity contribution >= 4 is 43.1 Å². The minimum Gasteiger partial charge on any atom is -0.388 e. The van der Waals surface area contributed by atoms with E-state index in [9.17, 15) is 0 Å². The number of hydrogen-bond acceptors (Lipinski definition) is 1. The van der Waals surface area contributed by atoms with Crippen LogP contribution in [0, 0.1) is 5.41 Å². The molecule has 0 aliphatic rings. The molecule has 0 fully saturated rings. The van der Waals surface area contributed by atoms with Crippen molar-refractivity contribution in [2.45, 2.75) is 14.3 Å². The molecule has 0 aromatic carbocycles. The number of nitrogens with two attached hydrogens (primary N) is 1. The average Bonchev–Trinajstić information content (AvgIpc) is 1.75. The first kappa shape index (κ1) is 10.8. The van der Waals surface area contributed by atoms with Crippen molar-refractivity contribution in [1.29, 1.82) is 5.41 Å². The maximum Gasteiger partial charge on any atom is 0.0873 e. The van der Waals surface area contributed by atoms with E-state index in [4.69, 9.17) is 12.5 Å². The lowest BCUT2D eigenvalue weighted by molar-refractivity contribution is 1.42. The first-order valence-electron chi connectivity index (χ1n) is 2.18. The predicted octanol–water partition coefficient (Wildman–Crippen LogP) is 2.35. The third-order valence-corrected chi connectivity index (χ3v) is 0. The smallest absolute Gasteiger partial charge is 0.0873 e. The quantitative estimate of drug-likeness (QED) is 0.400. The van der Waals surface area contributed by atoms with Gasteiger partial charge in [0, 0.05) is 38.6 Å². The van der Waals surface area contributed by atoms with Gasteiger partial charge in [-0.15, -0.1) is 0 Å². The van der Waals surface area contributed by atoms with Crippen LogP contribution in [0.2, 0.25) is 0 Å². The van der Waals surface area contributed by atoms with Crippen LogP contribution >= 0.6 is 37.2 Å². The van der Waals surface area contributed by atoms with Gasteiger partial charge >= 0.3 is 0 Å². The lowest BCUT2D eigenvalue weighted by atomic mass is 10.8. The number of rotatable bonds is 0. The van der Waals surface area contributed by atoms with E-state index in [1.165, 1.54) is 14.3 Å². The standard InChI is InChI=1S/C2H6N2.CH4.I2/c1-2(3)4;;1-2/h1H3,(H3,3,4);1H4;/i;1T;. The molecule has 0 atom stereocenters. The Hall–Kier alpha value is 0.930. The van der Waals surface area contributed by atoms with Gasteiger partial charge in [0.2, 0.25) is 0 Å². The molecule has 2 nitrogen and oxygen atoms in total. The van der Waals surface area contributed by atoms with Crippen LogP contribution in [-0.4, -0.2) is 5.84 Å². The average molecular weight is 330 g/mol. The van der Waals surface area contributed by atoms with Gasteiger partial charge < -0.3 is 5.73 Å². The van der Waals surface area contributed by atoms with Crippen molar-refractivity contribution in [3.05, 3.63) is 0 Å². The maximum atomic E-state index is 6.28. The number of halogens is 2.